The first-order valence-corrected chi connectivity index (χ1v) is 8.93. The number of aromatic amines is 1. The number of amides is 1. The van der Waals surface area contributed by atoms with Crippen LogP contribution in [0.2, 0.25) is 0 Å². The quantitative estimate of drug-likeness (QED) is 0.475. The highest BCUT2D eigenvalue weighted by Crippen LogP contribution is 2.31. The third-order valence-corrected chi connectivity index (χ3v) is 4.59. The Morgan fingerprint density at radius 3 is 2.52 bits per heavy atom. The molecule has 2 N–H and O–H groups in total. The molecule has 0 spiro atoms. The molecule has 2 aromatic heterocycles. The van der Waals surface area contributed by atoms with Gasteiger partial charge in [-0.1, -0.05) is 12.1 Å². The lowest BCUT2D eigenvalue weighted by atomic mass is 10.00. The second kappa shape index (κ2) is 7.71. The number of halogens is 4. The Kier molecular flexibility index (Phi) is 5.05. The van der Waals surface area contributed by atoms with Crippen molar-refractivity contribution in [1.29, 1.82) is 0 Å². The van der Waals surface area contributed by atoms with Crippen molar-refractivity contribution in [2.45, 2.75) is 12.2 Å². The molecule has 1 atom stereocenters. The summed E-state index contributed by atoms with van der Waals surface area (Å²) >= 11 is 0. The summed E-state index contributed by atoms with van der Waals surface area (Å²) in [6, 6.07) is 9.50. The number of alkyl halides is 3. The minimum atomic E-state index is -4.54. The summed E-state index contributed by atoms with van der Waals surface area (Å²) in [5, 5.41) is 2.59. The molecule has 0 unspecified atom stereocenters. The maximum atomic E-state index is 14.4. The van der Waals surface area contributed by atoms with Crippen molar-refractivity contribution in [3.8, 4) is 0 Å². The Morgan fingerprint density at radius 1 is 1.10 bits per heavy atom. The van der Waals surface area contributed by atoms with E-state index in [2.05, 4.69) is 15.3 Å². The molecule has 1 amide bonds. The van der Waals surface area contributed by atoms with E-state index in [9.17, 15) is 27.2 Å². The summed E-state index contributed by atoms with van der Waals surface area (Å²) in [5.41, 5.74) is -0.176. The van der Waals surface area contributed by atoms with Gasteiger partial charge in [-0.2, -0.15) is 13.2 Å². The van der Waals surface area contributed by atoms with Gasteiger partial charge < -0.3 is 9.73 Å². The van der Waals surface area contributed by atoms with Crippen LogP contribution in [-0.4, -0.2) is 15.9 Å². The third-order valence-electron chi connectivity index (χ3n) is 4.59. The highest BCUT2D eigenvalue weighted by Gasteiger charge is 2.31. The van der Waals surface area contributed by atoms with Crippen LogP contribution in [0.4, 0.5) is 17.6 Å². The van der Waals surface area contributed by atoms with Crippen LogP contribution in [0.3, 0.4) is 0 Å². The zero-order valence-corrected chi connectivity index (χ0v) is 15.5. The Morgan fingerprint density at radius 2 is 1.84 bits per heavy atom. The van der Waals surface area contributed by atoms with Gasteiger partial charge in [-0.15, -0.1) is 0 Å². The number of hydrogen-bond donors (Lipinski definition) is 2. The normalized spacial score (nSPS) is 12.6. The Bertz CT molecular complexity index is 1310. The zero-order chi connectivity index (χ0) is 22.2. The van der Waals surface area contributed by atoms with Crippen LogP contribution >= 0.6 is 0 Å². The summed E-state index contributed by atoms with van der Waals surface area (Å²) < 4.78 is 58.0. The largest absolute Gasteiger partial charge is 0.417 e. The van der Waals surface area contributed by atoms with Gasteiger partial charge >= 0.3 is 11.9 Å². The molecule has 0 aliphatic carbocycles. The third kappa shape index (κ3) is 4.18. The maximum Gasteiger partial charge on any atom is 0.417 e. The first-order chi connectivity index (χ1) is 14.7. The minimum Gasteiger partial charge on any atom is -0.408 e. The van der Waals surface area contributed by atoms with E-state index in [1.54, 1.807) is 0 Å². The summed E-state index contributed by atoms with van der Waals surface area (Å²) in [7, 11) is 0. The van der Waals surface area contributed by atoms with Crippen molar-refractivity contribution in [2.75, 3.05) is 0 Å². The average molecular weight is 431 g/mol. The van der Waals surface area contributed by atoms with Gasteiger partial charge in [-0.3, -0.25) is 14.8 Å². The molecular formula is C21H13F4N3O3. The average Bonchev–Trinajstić information content (AvgIpc) is 3.11. The van der Waals surface area contributed by atoms with Gasteiger partial charge in [0.05, 0.1) is 17.1 Å². The first-order valence-electron chi connectivity index (χ1n) is 8.93. The number of benzene rings is 2. The van der Waals surface area contributed by atoms with Crippen LogP contribution in [0.1, 0.15) is 33.2 Å². The number of oxazole rings is 1. The van der Waals surface area contributed by atoms with Crippen molar-refractivity contribution >= 4 is 17.0 Å². The fourth-order valence-corrected chi connectivity index (χ4v) is 3.09. The molecule has 0 aliphatic rings. The monoisotopic (exact) mass is 431 g/mol. The second-order valence-electron chi connectivity index (χ2n) is 6.62. The topological polar surface area (TPSA) is 88.0 Å². The number of nitrogens with one attached hydrogen (secondary N) is 2. The zero-order valence-electron chi connectivity index (χ0n) is 15.5. The number of H-pyrrole nitrogens is 1. The molecule has 4 rings (SSSR count). The number of hydrogen-bond acceptors (Lipinski definition) is 4. The van der Waals surface area contributed by atoms with Crippen LogP contribution in [0.15, 0.2) is 70.0 Å². The summed E-state index contributed by atoms with van der Waals surface area (Å²) in [4.78, 5) is 30.5. The van der Waals surface area contributed by atoms with E-state index in [-0.39, 0.29) is 27.9 Å². The van der Waals surface area contributed by atoms with Gasteiger partial charge in [-0.25, -0.2) is 9.18 Å². The van der Waals surface area contributed by atoms with Gasteiger partial charge in [0.1, 0.15) is 11.5 Å². The Labute approximate surface area is 171 Å². The van der Waals surface area contributed by atoms with Crippen molar-refractivity contribution in [3.05, 3.63) is 99.5 Å². The van der Waals surface area contributed by atoms with E-state index in [1.165, 1.54) is 30.5 Å². The fourth-order valence-electron chi connectivity index (χ4n) is 3.09. The number of rotatable bonds is 4. The molecule has 4 aromatic rings. The molecule has 31 heavy (non-hydrogen) atoms. The summed E-state index contributed by atoms with van der Waals surface area (Å²) in [5.74, 6) is -2.08. The lowest BCUT2D eigenvalue weighted by molar-refractivity contribution is -0.137. The second-order valence-corrected chi connectivity index (χ2v) is 6.62. The number of fused-ring (bicyclic) bond motifs is 1. The van der Waals surface area contributed by atoms with Crippen molar-refractivity contribution < 1.29 is 26.8 Å². The molecule has 10 heteroatoms. The highest BCUT2D eigenvalue weighted by molar-refractivity contribution is 5.97. The molecule has 0 saturated heterocycles. The van der Waals surface area contributed by atoms with Gasteiger partial charge in [0.2, 0.25) is 0 Å². The van der Waals surface area contributed by atoms with E-state index >= 15 is 0 Å². The van der Waals surface area contributed by atoms with Crippen LogP contribution in [0.5, 0.6) is 0 Å². The number of pyridine rings is 1. The summed E-state index contributed by atoms with van der Waals surface area (Å²) in [6.07, 6.45) is -3.23. The van der Waals surface area contributed by atoms with E-state index in [0.717, 1.165) is 30.3 Å². The highest BCUT2D eigenvalue weighted by atomic mass is 19.4. The standard InChI is InChI=1S/C21H13F4N3O3/c22-14-2-1-9-26-18(14)17(11-3-6-13(7-4-11)21(23,24)25)28-19(29)12-5-8-16-15(10-12)27-20(30)31-16/h1-10,17H,(H,27,30)(H,28,29)/t17-/m0/s1. The Balaban J connectivity index is 1.71. The molecule has 158 valence electrons. The van der Waals surface area contributed by atoms with Gasteiger partial charge in [0.15, 0.2) is 5.58 Å². The number of aromatic nitrogens is 2. The van der Waals surface area contributed by atoms with Crippen LogP contribution in [0.25, 0.3) is 11.1 Å². The predicted octanol–water partition coefficient (Wildman–Crippen LogP) is 4.19. The molecule has 6 nitrogen and oxygen atoms in total. The van der Waals surface area contributed by atoms with Crippen molar-refractivity contribution in [2.24, 2.45) is 0 Å². The van der Waals surface area contributed by atoms with E-state index in [1.807, 2.05) is 0 Å². The van der Waals surface area contributed by atoms with Gasteiger partial charge in [0, 0.05) is 11.8 Å². The van der Waals surface area contributed by atoms with Crippen molar-refractivity contribution in [1.82, 2.24) is 15.3 Å². The number of nitrogens with zero attached hydrogens (tertiary/aromatic N) is 1. The minimum absolute atomic E-state index is 0.123. The molecule has 2 aromatic carbocycles. The van der Waals surface area contributed by atoms with Crippen LogP contribution < -0.4 is 11.1 Å². The van der Waals surface area contributed by atoms with Crippen molar-refractivity contribution in [3.63, 3.8) is 0 Å². The molecule has 0 fully saturated rings. The molecule has 0 bridgehead atoms. The number of carbonyl (C=O) groups is 1. The molecule has 2 heterocycles. The lowest BCUT2D eigenvalue weighted by Gasteiger charge is -2.20. The first kappa shape index (κ1) is 20.3. The SMILES string of the molecule is O=C(N[C@@H](c1ccc(C(F)(F)F)cc1)c1ncccc1F)c1ccc2oc(=O)[nH]c2c1. The fraction of sp³-hybridized carbons (Fsp3) is 0.0952. The molecule has 0 radical (unpaired) electrons. The molecule has 0 aliphatic heterocycles. The van der Waals surface area contributed by atoms with Gasteiger partial charge in [0.25, 0.3) is 5.91 Å². The molecule has 0 saturated carbocycles. The molecular weight excluding hydrogens is 418 g/mol. The maximum absolute atomic E-state index is 14.4. The smallest absolute Gasteiger partial charge is 0.408 e. The lowest BCUT2D eigenvalue weighted by Crippen LogP contribution is -2.30. The summed E-state index contributed by atoms with van der Waals surface area (Å²) in [6.45, 7) is 0. The van der Waals surface area contributed by atoms with E-state index in [0.29, 0.717) is 0 Å². The van der Waals surface area contributed by atoms with Crippen LogP contribution in [0, 0.1) is 5.82 Å². The van der Waals surface area contributed by atoms with Gasteiger partial charge in [-0.05, 0) is 48.0 Å². The van der Waals surface area contributed by atoms with Crippen LogP contribution in [-0.2, 0) is 6.18 Å². The van der Waals surface area contributed by atoms with E-state index < -0.39 is 35.3 Å². The number of carbonyl (C=O) groups excluding carboxylic acids is 1. The Hall–Kier alpha value is -3.95. The predicted molar refractivity (Wildman–Crippen MR) is 102 cm³/mol. The van der Waals surface area contributed by atoms with E-state index in [4.69, 9.17) is 4.42 Å².